The van der Waals surface area contributed by atoms with E-state index in [0.29, 0.717) is 5.56 Å². The number of rotatable bonds is 7. The van der Waals surface area contributed by atoms with E-state index >= 15 is 0 Å². The topological polar surface area (TPSA) is 114 Å². The molecule has 1 N–H and O–H groups in total. The lowest BCUT2D eigenvalue weighted by Gasteiger charge is -2.63. The lowest BCUT2D eigenvalue weighted by atomic mass is 9.49. The van der Waals surface area contributed by atoms with Gasteiger partial charge in [-0.1, -0.05) is 27.7 Å². The molecule has 0 atom stereocenters. The number of carbonyl (C=O) groups is 1. The van der Waals surface area contributed by atoms with Crippen molar-refractivity contribution < 1.29 is 32.4 Å². The van der Waals surface area contributed by atoms with Crippen molar-refractivity contribution >= 4 is 11.7 Å². The number of carbonyl (C=O) groups excluding carboxylic acids is 1. The number of hydrogen-bond donors (Lipinski definition) is 1. The number of alkyl halides is 3. The zero-order chi connectivity index (χ0) is 27.1. The Kier molecular flexibility index (Phi) is 7.06. The van der Waals surface area contributed by atoms with Crippen molar-refractivity contribution in [2.24, 2.45) is 10.8 Å². The van der Waals surface area contributed by atoms with Crippen LogP contribution in [-0.2, 0) is 17.5 Å². The monoisotopic (exact) mass is 505 g/mol. The van der Waals surface area contributed by atoms with Crippen molar-refractivity contribution in [1.82, 2.24) is 5.32 Å². The van der Waals surface area contributed by atoms with Crippen LogP contribution in [0.3, 0.4) is 0 Å². The van der Waals surface area contributed by atoms with Gasteiger partial charge in [-0.15, -0.1) is 0 Å². The number of non-ortho nitro benzene ring substituents is 1. The Morgan fingerprint density at radius 3 is 2.33 bits per heavy atom. The minimum Gasteiger partial charge on any atom is -0.489 e. The van der Waals surface area contributed by atoms with E-state index in [0.717, 1.165) is 12.1 Å². The fourth-order valence-electron chi connectivity index (χ4n) is 5.38. The van der Waals surface area contributed by atoms with Crippen LogP contribution in [0.1, 0.15) is 54.7 Å². The summed E-state index contributed by atoms with van der Waals surface area (Å²) in [7, 11) is 1.22. The number of nitrogens with one attached hydrogen (secondary N) is 1. The number of nitriles is 1. The maximum atomic E-state index is 13.4. The minimum atomic E-state index is -4.70. The standard InChI is InChI=1S/C25H26F3N3O5/c1-23(2)21(30-13-15-10-16(31(33)34)7-9-18(15)20(32)35-5)24(3,4)22(23)36-17-8-6-14(12-29)19(11-17)25(26,27)28/h6-11,21-22,30H,13H2,1-5H3/t21-,22-. The summed E-state index contributed by atoms with van der Waals surface area (Å²) >= 11 is 0. The quantitative estimate of drug-likeness (QED) is 0.311. The highest BCUT2D eigenvalue weighted by Crippen LogP contribution is 2.55. The highest BCUT2D eigenvalue weighted by atomic mass is 19.4. The molecule has 0 aromatic heterocycles. The van der Waals surface area contributed by atoms with E-state index in [1.165, 1.54) is 31.4 Å². The Morgan fingerprint density at radius 1 is 1.17 bits per heavy atom. The number of ether oxygens (including phenoxy) is 2. The molecule has 2 aromatic carbocycles. The van der Waals surface area contributed by atoms with Crippen molar-refractivity contribution in [1.29, 1.82) is 5.26 Å². The SMILES string of the molecule is COC(=O)c1ccc([N+](=O)[O-])cc1CN[C@H]1C(C)(C)[C@H](Oc2ccc(C#N)c(C(F)(F)F)c2)C1(C)C. The molecule has 0 aliphatic heterocycles. The Balaban J connectivity index is 1.83. The van der Waals surface area contributed by atoms with E-state index < -0.39 is 45.1 Å². The molecule has 8 nitrogen and oxygen atoms in total. The number of benzene rings is 2. The Morgan fingerprint density at radius 2 is 1.81 bits per heavy atom. The first-order chi connectivity index (χ1) is 16.6. The minimum absolute atomic E-state index is 0.00223. The van der Waals surface area contributed by atoms with Crippen LogP contribution >= 0.6 is 0 Å². The second kappa shape index (κ2) is 9.43. The molecular weight excluding hydrogens is 479 g/mol. The van der Waals surface area contributed by atoms with Gasteiger partial charge >= 0.3 is 12.1 Å². The molecule has 1 fully saturated rings. The van der Waals surface area contributed by atoms with E-state index in [9.17, 15) is 28.1 Å². The van der Waals surface area contributed by atoms with Gasteiger partial charge in [0.15, 0.2) is 0 Å². The van der Waals surface area contributed by atoms with Gasteiger partial charge in [0.1, 0.15) is 11.9 Å². The van der Waals surface area contributed by atoms with Crippen LogP contribution in [0.15, 0.2) is 36.4 Å². The predicted molar refractivity (Wildman–Crippen MR) is 123 cm³/mol. The van der Waals surface area contributed by atoms with Gasteiger partial charge in [-0.05, 0) is 29.8 Å². The number of hydrogen-bond acceptors (Lipinski definition) is 7. The highest BCUT2D eigenvalue weighted by Gasteiger charge is 2.63. The van der Waals surface area contributed by atoms with E-state index in [1.54, 1.807) is 6.07 Å². The van der Waals surface area contributed by atoms with Crippen LogP contribution < -0.4 is 10.1 Å². The summed E-state index contributed by atoms with van der Waals surface area (Å²) in [5.74, 6) is -0.631. The average molecular weight is 505 g/mol. The molecule has 11 heteroatoms. The van der Waals surface area contributed by atoms with Crippen LogP contribution in [0.2, 0.25) is 0 Å². The van der Waals surface area contributed by atoms with Gasteiger partial charge in [0, 0.05) is 35.5 Å². The first-order valence-corrected chi connectivity index (χ1v) is 11.0. The molecule has 0 heterocycles. The van der Waals surface area contributed by atoms with E-state index in [4.69, 9.17) is 14.7 Å². The third-order valence-corrected chi connectivity index (χ3v) is 6.71. The normalized spacial score (nSPS) is 20.1. The first-order valence-electron chi connectivity index (χ1n) is 11.0. The Labute approximate surface area is 206 Å². The first kappa shape index (κ1) is 26.9. The van der Waals surface area contributed by atoms with Gasteiger partial charge in [0.05, 0.1) is 34.8 Å². The number of halogens is 3. The van der Waals surface area contributed by atoms with Gasteiger partial charge < -0.3 is 14.8 Å². The molecule has 1 saturated carbocycles. The predicted octanol–water partition coefficient (Wildman–Crippen LogP) is 5.24. The van der Waals surface area contributed by atoms with Crippen molar-refractivity contribution in [2.75, 3.05) is 7.11 Å². The third kappa shape index (κ3) is 4.86. The third-order valence-electron chi connectivity index (χ3n) is 6.71. The van der Waals surface area contributed by atoms with Crippen LogP contribution in [0.4, 0.5) is 18.9 Å². The van der Waals surface area contributed by atoms with Gasteiger partial charge in [-0.2, -0.15) is 18.4 Å². The molecule has 1 aliphatic rings. The number of nitro benzene ring substituents is 1. The second-order valence-corrected chi connectivity index (χ2v) is 9.86. The van der Waals surface area contributed by atoms with Gasteiger partial charge in [0.2, 0.25) is 0 Å². The summed E-state index contributed by atoms with van der Waals surface area (Å²) in [5, 5.41) is 23.6. The maximum Gasteiger partial charge on any atom is 0.417 e. The molecule has 192 valence electrons. The van der Waals surface area contributed by atoms with Crippen LogP contribution in [0.25, 0.3) is 0 Å². The molecule has 0 spiro atoms. The molecule has 0 bridgehead atoms. The molecule has 0 radical (unpaired) electrons. The van der Waals surface area contributed by atoms with Crippen molar-refractivity contribution in [3.8, 4) is 11.8 Å². The molecule has 0 unspecified atom stereocenters. The Hall–Kier alpha value is -3.65. The Bertz CT molecular complexity index is 1220. The zero-order valence-electron chi connectivity index (χ0n) is 20.4. The van der Waals surface area contributed by atoms with E-state index in [2.05, 4.69) is 5.32 Å². The van der Waals surface area contributed by atoms with Crippen LogP contribution in [0, 0.1) is 32.3 Å². The summed E-state index contributed by atoms with van der Waals surface area (Å²) in [6.07, 6.45) is -5.20. The van der Waals surface area contributed by atoms with Gasteiger partial charge in [-0.3, -0.25) is 10.1 Å². The number of nitro groups is 1. The van der Waals surface area contributed by atoms with Crippen molar-refractivity contribution in [3.63, 3.8) is 0 Å². The van der Waals surface area contributed by atoms with Gasteiger partial charge in [0.25, 0.3) is 5.69 Å². The highest BCUT2D eigenvalue weighted by molar-refractivity contribution is 5.91. The van der Waals surface area contributed by atoms with Crippen molar-refractivity contribution in [2.45, 2.75) is 52.6 Å². The van der Waals surface area contributed by atoms with E-state index in [1.807, 2.05) is 27.7 Å². The van der Waals surface area contributed by atoms with Crippen molar-refractivity contribution in [3.05, 3.63) is 68.8 Å². The average Bonchev–Trinajstić information content (AvgIpc) is 2.80. The summed E-state index contributed by atoms with van der Waals surface area (Å²) in [5.41, 5.74) is -2.28. The fourth-order valence-corrected chi connectivity index (χ4v) is 5.38. The molecule has 36 heavy (non-hydrogen) atoms. The molecule has 2 aromatic rings. The summed E-state index contributed by atoms with van der Waals surface area (Å²) in [6.45, 7) is 7.69. The zero-order valence-corrected chi connectivity index (χ0v) is 20.4. The van der Waals surface area contributed by atoms with Gasteiger partial charge in [-0.25, -0.2) is 4.79 Å². The number of esters is 1. The number of methoxy groups -OCH3 is 1. The second-order valence-electron chi connectivity index (χ2n) is 9.86. The lowest BCUT2D eigenvalue weighted by Crippen LogP contribution is -2.74. The summed E-state index contributed by atoms with van der Waals surface area (Å²) < 4.78 is 50.9. The summed E-state index contributed by atoms with van der Waals surface area (Å²) in [6, 6.07) is 8.46. The fraction of sp³-hybridized carbons (Fsp3) is 0.440. The molecule has 0 saturated heterocycles. The maximum absolute atomic E-state index is 13.4. The molecular formula is C25H26F3N3O5. The lowest BCUT2D eigenvalue weighted by molar-refractivity contribution is -0.384. The smallest absolute Gasteiger partial charge is 0.417 e. The van der Waals surface area contributed by atoms with E-state index in [-0.39, 0.29) is 29.6 Å². The molecule has 1 aliphatic carbocycles. The number of nitrogens with zero attached hydrogens (tertiary/aromatic N) is 2. The molecule has 0 amide bonds. The summed E-state index contributed by atoms with van der Waals surface area (Å²) in [4.78, 5) is 22.8. The largest absolute Gasteiger partial charge is 0.489 e. The van der Waals surface area contributed by atoms with Crippen LogP contribution in [0.5, 0.6) is 5.75 Å². The molecule has 3 rings (SSSR count). The van der Waals surface area contributed by atoms with Crippen LogP contribution in [-0.4, -0.2) is 30.1 Å².